The maximum Gasteiger partial charge on any atom is 0.226 e. The molecule has 2 atom stereocenters. The first kappa shape index (κ1) is 23.0. The molecule has 1 amide bonds. The van der Waals surface area contributed by atoms with Crippen LogP contribution in [-0.4, -0.2) is 11.9 Å². The Morgan fingerprint density at radius 2 is 1.84 bits per heavy atom. The molecule has 0 aromatic heterocycles. The summed E-state index contributed by atoms with van der Waals surface area (Å²) in [6.45, 7) is 13.8. The standard InChI is InChI=1S/C25H31F2N3O/c1-6-28-30-21(22-19(26)11-8-12-20(22)27)15-16(2)18-13-14-25(5,24(18,3)4)23(31)29-17-9-7-10-17/h6,8,11-12,15,17-18H,1-2,7,9-10,13-14H2,3-5H3,(H,29,31)/b21-15-,30-28-/t18?,25-/m1/s1. The monoisotopic (exact) mass is 427 g/mol. The van der Waals surface area contributed by atoms with Crippen molar-refractivity contribution in [3.05, 3.63) is 66.4 Å². The average Bonchev–Trinajstić information content (AvgIpc) is 2.92. The first-order valence-corrected chi connectivity index (χ1v) is 10.8. The topological polar surface area (TPSA) is 53.8 Å². The van der Waals surface area contributed by atoms with Crippen molar-refractivity contribution in [3.8, 4) is 0 Å². The second kappa shape index (κ2) is 8.85. The van der Waals surface area contributed by atoms with E-state index in [-0.39, 0.29) is 29.1 Å². The number of nitrogens with zero attached hydrogens (tertiary/aromatic N) is 2. The van der Waals surface area contributed by atoms with E-state index in [2.05, 4.69) is 42.6 Å². The fourth-order valence-electron chi connectivity index (χ4n) is 4.73. The number of halogens is 2. The summed E-state index contributed by atoms with van der Waals surface area (Å²) in [5, 5.41) is 10.9. The third-order valence-electron chi connectivity index (χ3n) is 7.40. The van der Waals surface area contributed by atoms with Gasteiger partial charge in [0.15, 0.2) is 0 Å². The van der Waals surface area contributed by atoms with Crippen molar-refractivity contribution in [2.24, 2.45) is 27.0 Å². The number of azo groups is 1. The molecule has 2 aliphatic rings. The molecule has 0 spiro atoms. The summed E-state index contributed by atoms with van der Waals surface area (Å²) in [4.78, 5) is 13.1. The van der Waals surface area contributed by atoms with Crippen molar-refractivity contribution >= 4 is 11.6 Å². The molecular weight excluding hydrogens is 396 g/mol. The summed E-state index contributed by atoms with van der Waals surface area (Å²) < 4.78 is 28.8. The molecule has 3 rings (SSSR count). The highest BCUT2D eigenvalue weighted by Gasteiger charge is 2.56. The molecule has 0 aliphatic heterocycles. The molecule has 0 heterocycles. The average molecular weight is 428 g/mol. The predicted molar refractivity (Wildman–Crippen MR) is 119 cm³/mol. The summed E-state index contributed by atoms with van der Waals surface area (Å²) in [6, 6.07) is 3.94. The maximum atomic E-state index is 14.4. The van der Waals surface area contributed by atoms with Gasteiger partial charge in [0.25, 0.3) is 0 Å². The lowest BCUT2D eigenvalue weighted by Gasteiger charge is -2.42. The largest absolute Gasteiger partial charge is 0.353 e. The molecule has 4 nitrogen and oxygen atoms in total. The van der Waals surface area contributed by atoms with E-state index in [1.807, 2.05) is 6.92 Å². The van der Waals surface area contributed by atoms with E-state index < -0.39 is 22.5 Å². The van der Waals surface area contributed by atoms with Gasteiger partial charge in [-0.15, -0.1) is 0 Å². The van der Waals surface area contributed by atoms with Crippen LogP contribution in [0.4, 0.5) is 8.78 Å². The van der Waals surface area contributed by atoms with Crippen molar-refractivity contribution in [1.29, 1.82) is 0 Å². The third-order valence-corrected chi connectivity index (χ3v) is 7.40. The number of carbonyl (C=O) groups is 1. The van der Waals surface area contributed by atoms with Crippen molar-refractivity contribution in [1.82, 2.24) is 5.32 Å². The van der Waals surface area contributed by atoms with Crippen molar-refractivity contribution in [3.63, 3.8) is 0 Å². The summed E-state index contributed by atoms with van der Waals surface area (Å²) >= 11 is 0. The van der Waals surface area contributed by atoms with Crippen LogP contribution in [0.25, 0.3) is 5.70 Å². The van der Waals surface area contributed by atoms with Gasteiger partial charge in [-0.2, -0.15) is 10.2 Å². The van der Waals surface area contributed by atoms with Gasteiger partial charge in [0.1, 0.15) is 11.6 Å². The first-order chi connectivity index (χ1) is 14.6. The molecule has 1 aromatic rings. The molecule has 1 aromatic carbocycles. The smallest absolute Gasteiger partial charge is 0.226 e. The highest BCUT2D eigenvalue weighted by atomic mass is 19.1. The number of amides is 1. The van der Waals surface area contributed by atoms with E-state index >= 15 is 0 Å². The zero-order chi connectivity index (χ0) is 22.8. The molecule has 0 bridgehead atoms. The van der Waals surface area contributed by atoms with E-state index in [1.54, 1.807) is 6.08 Å². The molecule has 0 radical (unpaired) electrons. The fourth-order valence-corrected chi connectivity index (χ4v) is 4.73. The minimum absolute atomic E-state index is 0.0452. The van der Waals surface area contributed by atoms with Crippen LogP contribution < -0.4 is 5.32 Å². The zero-order valence-corrected chi connectivity index (χ0v) is 18.5. The number of rotatable bonds is 7. The normalized spacial score (nSPS) is 26.0. The molecule has 2 saturated carbocycles. The number of hydrogen-bond acceptors (Lipinski definition) is 3. The van der Waals surface area contributed by atoms with Gasteiger partial charge in [-0.05, 0) is 67.2 Å². The molecular formula is C25H31F2N3O. The summed E-state index contributed by atoms with van der Waals surface area (Å²) in [5.41, 5.74) is -0.496. The highest BCUT2D eigenvalue weighted by molar-refractivity contribution is 5.84. The minimum atomic E-state index is -0.725. The van der Waals surface area contributed by atoms with Gasteiger partial charge in [0.2, 0.25) is 5.91 Å². The Hall–Kier alpha value is -2.63. The van der Waals surface area contributed by atoms with Gasteiger partial charge in [0.05, 0.1) is 16.7 Å². The van der Waals surface area contributed by atoms with Gasteiger partial charge < -0.3 is 5.32 Å². The van der Waals surface area contributed by atoms with Crippen LogP contribution >= 0.6 is 0 Å². The van der Waals surface area contributed by atoms with Crippen LogP contribution in [0, 0.1) is 28.4 Å². The molecule has 31 heavy (non-hydrogen) atoms. The van der Waals surface area contributed by atoms with Crippen LogP contribution in [0.1, 0.15) is 58.4 Å². The first-order valence-electron chi connectivity index (χ1n) is 10.8. The Kier molecular flexibility index (Phi) is 6.58. The maximum absolute atomic E-state index is 14.4. The molecule has 0 saturated heterocycles. The van der Waals surface area contributed by atoms with Gasteiger partial charge in [-0.3, -0.25) is 4.79 Å². The highest BCUT2D eigenvalue weighted by Crippen LogP contribution is 2.58. The molecule has 2 aliphatic carbocycles. The second-order valence-electron chi connectivity index (χ2n) is 9.35. The minimum Gasteiger partial charge on any atom is -0.353 e. The van der Waals surface area contributed by atoms with Crippen LogP contribution in [0.2, 0.25) is 0 Å². The van der Waals surface area contributed by atoms with Gasteiger partial charge in [0, 0.05) is 12.2 Å². The van der Waals surface area contributed by atoms with Crippen molar-refractivity contribution in [2.75, 3.05) is 0 Å². The van der Waals surface area contributed by atoms with E-state index in [0.29, 0.717) is 12.0 Å². The van der Waals surface area contributed by atoms with E-state index in [0.717, 1.165) is 25.7 Å². The van der Waals surface area contributed by atoms with Crippen molar-refractivity contribution in [2.45, 2.75) is 58.9 Å². The Balaban J connectivity index is 1.91. The summed E-state index contributed by atoms with van der Waals surface area (Å²) in [5.74, 6) is -1.42. The molecule has 2 fully saturated rings. The Labute approximate surface area is 183 Å². The van der Waals surface area contributed by atoms with Crippen LogP contribution in [-0.2, 0) is 4.79 Å². The van der Waals surface area contributed by atoms with Gasteiger partial charge in [-0.25, -0.2) is 8.78 Å². The third kappa shape index (κ3) is 4.25. The van der Waals surface area contributed by atoms with Crippen LogP contribution in [0.5, 0.6) is 0 Å². The van der Waals surface area contributed by atoms with E-state index in [9.17, 15) is 13.6 Å². The number of allylic oxidation sites excluding steroid dienone is 2. The number of benzene rings is 1. The van der Waals surface area contributed by atoms with E-state index in [1.165, 1.54) is 24.4 Å². The fraction of sp³-hybridized carbons (Fsp3) is 0.480. The van der Waals surface area contributed by atoms with Gasteiger partial charge >= 0.3 is 0 Å². The quantitative estimate of drug-likeness (QED) is 0.388. The lowest BCUT2D eigenvalue weighted by Crippen LogP contribution is -2.51. The number of nitrogens with one attached hydrogen (secondary N) is 1. The lowest BCUT2D eigenvalue weighted by molar-refractivity contribution is -0.137. The molecule has 1 N–H and O–H groups in total. The second-order valence-corrected chi connectivity index (χ2v) is 9.35. The number of hydrogen-bond donors (Lipinski definition) is 1. The number of carbonyl (C=O) groups excluding carboxylic acids is 1. The SMILES string of the molecule is C=C/N=N\C(=C/C(=C)C1CC[C@](C)(C(=O)NC2CCC2)C1(C)C)c1c(F)cccc1F. The van der Waals surface area contributed by atoms with Crippen LogP contribution in [0.3, 0.4) is 0 Å². The van der Waals surface area contributed by atoms with Crippen molar-refractivity contribution < 1.29 is 13.6 Å². The Bertz CT molecular complexity index is 926. The summed E-state index contributed by atoms with van der Waals surface area (Å²) in [6.07, 6.45) is 7.48. The Morgan fingerprint density at radius 1 is 1.19 bits per heavy atom. The van der Waals surface area contributed by atoms with Crippen LogP contribution in [0.15, 0.2) is 59.4 Å². The predicted octanol–water partition coefficient (Wildman–Crippen LogP) is 6.57. The zero-order valence-electron chi connectivity index (χ0n) is 18.5. The molecule has 166 valence electrons. The molecule has 1 unspecified atom stereocenters. The lowest BCUT2D eigenvalue weighted by atomic mass is 9.63. The van der Waals surface area contributed by atoms with E-state index in [4.69, 9.17) is 0 Å². The summed E-state index contributed by atoms with van der Waals surface area (Å²) in [7, 11) is 0. The van der Waals surface area contributed by atoms with Gasteiger partial charge in [-0.1, -0.05) is 40.0 Å². The Morgan fingerprint density at radius 3 is 2.39 bits per heavy atom. The molecule has 6 heteroatoms.